The Hall–Kier alpha value is -1.20. The highest BCUT2D eigenvalue weighted by atomic mass is 79.9. The second-order valence-corrected chi connectivity index (χ2v) is 7.06. The van der Waals surface area contributed by atoms with Gasteiger partial charge in [0.1, 0.15) is 5.52 Å². The van der Waals surface area contributed by atoms with Gasteiger partial charge in [0.2, 0.25) is 0 Å². The monoisotopic (exact) mass is 349 g/mol. The molecule has 112 valence electrons. The Morgan fingerprint density at radius 3 is 3.10 bits per heavy atom. The molecule has 0 bridgehead atoms. The predicted octanol–water partition coefficient (Wildman–Crippen LogP) is 3.75. The predicted molar refractivity (Wildman–Crippen MR) is 88.3 cm³/mol. The average Bonchev–Trinajstić information content (AvgIpc) is 2.48. The van der Waals surface area contributed by atoms with Crippen LogP contribution in [0.3, 0.4) is 0 Å². The molecule has 4 nitrogen and oxygen atoms in total. The van der Waals surface area contributed by atoms with E-state index in [1.54, 1.807) is 12.4 Å². The zero-order valence-corrected chi connectivity index (χ0v) is 13.7. The van der Waals surface area contributed by atoms with E-state index >= 15 is 0 Å². The Morgan fingerprint density at radius 1 is 1.43 bits per heavy atom. The van der Waals surface area contributed by atoms with Crippen LogP contribution < -0.4 is 5.32 Å². The molecule has 2 aromatic rings. The number of nitrogens with one attached hydrogen (secondary N) is 1. The van der Waals surface area contributed by atoms with Crippen LogP contribution in [0.25, 0.3) is 11.0 Å². The van der Waals surface area contributed by atoms with Gasteiger partial charge in [0.15, 0.2) is 0 Å². The molecule has 2 unspecified atom stereocenters. The molecule has 0 saturated heterocycles. The van der Waals surface area contributed by atoms with Gasteiger partial charge in [0.25, 0.3) is 0 Å². The van der Waals surface area contributed by atoms with Crippen LogP contribution in [0.4, 0.5) is 5.69 Å². The Bertz CT molecular complexity index is 648. The molecular formula is C16H20BrN3O. The van der Waals surface area contributed by atoms with Crippen molar-refractivity contribution in [3.8, 4) is 0 Å². The first-order valence-electron chi connectivity index (χ1n) is 7.41. The van der Waals surface area contributed by atoms with Gasteiger partial charge in [0.05, 0.1) is 17.3 Å². The molecule has 21 heavy (non-hydrogen) atoms. The maximum Gasteiger partial charge on any atom is 0.112 e. The number of aliphatic hydroxyl groups is 1. The molecule has 1 saturated carbocycles. The van der Waals surface area contributed by atoms with Gasteiger partial charge >= 0.3 is 0 Å². The van der Waals surface area contributed by atoms with Crippen molar-refractivity contribution < 1.29 is 5.11 Å². The minimum atomic E-state index is -0.228. The lowest BCUT2D eigenvalue weighted by Crippen LogP contribution is -2.41. The molecule has 1 aliphatic rings. The maximum absolute atomic E-state index is 10.3. The summed E-state index contributed by atoms with van der Waals surface area (Å²) in [7, 11) is 0. The van der Waals surface area contributed by atoms with Crippen LogP contribution in [0.2, 0.25) is 0 Å². The summed E-state index contributed by atoms with van der Waals surface area (Å²) >= 11 is 3.42. The molecule has 1 aliphatic carbocycles. The van der Waals surface area contributed by atoms with Crippen molar-refractivity contribution in [3.05, 3.63) is 29.0 Å². The van der Waals surface area contributed by atoms with Crippen molar-refractivity contribution in [2.45, 2.75) is 38.7 Å². The Kier molecular flexibility index (Phi) is 4.13. The summed E-state index contributed by atoms with van der Waals surface area (Å²) in [6.45, 7) is 2.92. The lowest BCUT2D eigenvalue weighted by Gasteiger charge is -2.38. The maximum atomic E-state index is 10.3. The van der Waals surface area contributed by atoms with Crippen molar-refractivity contribution in [3.63, 3.8) is 0 Å². The molecule has 0 spiro atoms. The molecule has 2 N–H and O–H groups in total. The Morgan fingerprint density at radius 2 is 2.29 bits per heavy atom. The van der Waals surface area contributed by atoms with Gasteiger partial charge in [-0.1, -0.05) is 19.8 Å². The molecule has 0 amide bonds. The first-order valence-corrected chi connectivity index (χ1v) is 8.20. The van der Waals surface area contributed by atoms with Gasteiger partial charge in [0, 0.05) is 28.8 Å². The minimum Gasteiger partial charge on any atom is -0.392 e. The van der Waals surface area contributed by atoms with E-state index < -0.39 is 0 Å². The molecule has 1 fully saturated rings. The number of anilines is 1. The van der Waals surface area contributed by atoms with E-state index in [0.717, 1.165) is 47.0 Å². The van der Waals surface area contributed by atoms with Gasteiger partial charge in [-0.25, -0.2) is 0 Å². The summed E-state index contributed by atoms with van der Waals surface area (Å²) in [6, 6.07) is 3.91. The quantitative estimate of drug-likeness (QED) is 0.885. The van der Waals surface area contributed by atoms with Crippen molar-refractivity contribution >= 4 is 32.7 Å². The highest BCUT2D eigenvalue weighted by Gasteiger charge is 2.35. The second-order valence-electron chi connectivity index (χ2n) is 6.15. The van der Waals surface area contributed by atoms with Crippen molar-refractivity contribution in [2.75, 3.05) is 11.9 Å². The van der Waals surface area contributed by atoms with Crippen LogP contribution in [0.5, 0.6) is 0 Å². The molecule has 0 radical (unpaired) electrons. The standard InChI is InChI=1S/C16H20BrN3O/c1-16(6-3-2-4-14(16)21)10-20-12-5-7-18-13-8-11(17)9-19-15(12)13/h5,7-9,14,21H,2-4,6,10H2,1H3,(H,18,20). The molecular weight excluding hydrogens is 330 g/mol. The van der Waals surface area contributed by atoms with Gasteiger partial charge < -0.3 is 10.4 Å². The van der Waals surface area contributed by atoms with Gasteiger partial charge in [-0.15, -0.1) is 0 Å². The second kappa shape index (κ2) is 5.89. The van der Waals surface area contributed by atoms with Crippen LogP contribution in [0.15, 0.2) is 29.0 Å². The lowest BCUT2D eigenvalue weighted by atomic mass is 9.73. The van der Waals surface area contributed by atoms with E-state index in [2.05, 4.69) is 38.1 Å². The molecule has 3 rings (SSSR count). The average molecular weight is 350 g/mol. The number of aliphatic hydroxyl groups excluding tert-OH is 1. The summed E-state index contributed by atoms with van der Waals surface area (Å²) in [5.74, 6) is 0. The van der Waals surface area contributed by atoms with E-state index in [-0.39, 0.29) is 11.5 Å². The van der Waals surface area contributed by atoms with Gasteiger partial charge in [-0.2, -0.15) is 0 Å². The Balaban J connectivity index is 1.82. The number of nitrogens with zero attached hydrogens (tertiary/aromatic N) is 2. The highest BCUT2D eigenvalue weighted by molar-refractivity contribution is 9.10. The fourth-order valence-electron chi connectivity index (χ4n) is 3.03. The molecule has 0 aliphatic heterocycles. The molecule has 2 atom stereocenters. The zero-order chi connectivity index (χ0) is 14.9. The van der Waals surface area contributed by atoms with Crippen LogP contribution in [0, 0.1) is 5.41 Å². The minimum absolute atomic E-state index is 0.0663. The zero-order valence-electron chi connectivity index (χ0n) is 12.1. The number of hydrogen-bond donors (Lipinski definition) is 2. The van der Waals surface area contributed by atoms with Crippen LogP contribution in [-0.2, 0) is 0 Å². The number of halogens is 1. The normalized spacial score (nSPS) is 26.0. The van der Waals surface area contributed by atoms with Gasteiger partial charge in [-0.05, 0) is 40.9 Å². The smallest absolute Gasteiger partial charge is 0.112 e. The van der Waals surface area contributed by atoms with E-state index in [9.17, 15) is 5.11 Å². The summed E-state index contributed by atoms with van der Waals surface area (Å²) < 4.78 is 0.925. The Labute approximate surface area is 133 Å². The third-order valence-electron chi connectivity index (χ3n) is 4.51. The largest absolute Gasteiger partial charge is 0.392 e. The first-order chi connectivity index (χ1) is 10.1. The van der Waals surface area contributed by atoms with Crippen LogP contribution in [-0.4, -0.2) is 27.7 Å². The fourth-order valence-corrected chi connectivity index (χ4v) is 3.35. The summed E-state index contributed by atoms with van der Waals surface area (Å²) in [4.78, 5) is 8.80. The molecule has 5 heteroatoms. The third kappa shape index (κ3) is 3.04. The summed E-state index contributed by atoms with van der Waals surface area (Å²) in [5.41, 5.74) is 2.65. The number of aromatic nitrogens is 2. The topological polar surface area (TPSA) is 58.0 Å². The number of pyridine rings is 2. The van der Waals surface area contributed by atoms with E-state index in [0.29, 0.717) is 0 Å². The van der Waals surface area contributed by atoms with Crippen LogP contribution in [0.1, 0.15) is 32.6 Å². The van der Waals surface area contributed by atoms with Gasteiger partial charge in [-0.3, -0.25) is 9.97 Å². The van der Waals surface area contributed by atoms with E-state index in [4.69, 9.17) is 0 Å². The number of hydrogen-bond acceptors (Lipinski definition) is 4. The van der Waals surface area contributed by atoms with Crippen molar-refractivity contribution in [1.29, 1.82) is 0 Å². The van der Waals surface area contributed by atoms with E-state index in [1.807, 2.05) is 12.1 Å². The highest BCUT2D eigenvalue weighted by Crippen LogP contribution is 2.36. The van der Waals surface area contributed by atoms with Crippen LogP contribution >= 0.6 is 15.9 Å². The summed E-state index contributed by atoms with van der Waals surface area (Å²) in [6.07, 6.45) is 7.63. The van der Waals surface area contributed by atoms with Crippen molar-refractivity contribution in [1.82, 2.24) is 9.97 Å². The SMILES string of the molecule is CC1(CNc2ccnc3cc(Br)cnc23)CCCCC1O. The molecule has 2 heterocycles. The van der Waals surface area contributed by atoms with E-state index in [1.165, 1.54) is 6.42 Å². The molecule has 0 aromatic carbocycles. The molecule has 2 aromatic heterocycles. The number of rotatable bonds is 3. The lowest BCUT2D eigenvalue weighted by molar-refractivity contribution is 0.00964. The van der Waals surface area contributed by atoms with Crippen molar-refractivity contribution in [2.24, 2.45) is 5.41 Å². The fraction of sp³-hybridized carbons (Fsp3) is 0.500. The first kappa shape index (κ1) is 14.7. The number of fused-ring (bicyclic) bond motifs is 1. The third-order valence-corrected chi connectivity index (χ3v) is 4.94. The summed E-state index contributed by atoms with van der Waals surface area (Å²) in [5, 5.41) is 13.8.